The van der Waals surface area contributed by atoms with Crippen LogP contribution < -0.4 is 4.74 Å². The summed E-state index contributed by atoms with van der Waals surface area (Å²) in [7, 11) is 0. The fraction of sp³-hybridized carbons (Fsp3) is 0.609. The lowest BCUT2D eigenvalue weighted by Crippen LogP contribution is -2.30. The Bertz CT molecular complexity index is 579. The van der Waals surface area contributed by atoms with Crippen molar-refractivity contribution >= 4 is 5.97 Å². The monoisotopic (exact) mass is 358 g/mol. The maximum atomic E-state index is 12.9. The summed E-state index contributed by atoms with van der Waals surface area (Å²) >= 11 is 0. The number of hydrogen-bond donors (Lipinski definition) is 0. The molecule has 2 nitrogen and oxygen atoms in total. The molecule has 2 aliphatic carbocycles. The van der Waals surface area contributed by atoms with E-state index < -0.39 is 0 Å². The third-order valence-corrected chi connectivity index (χ3v) is 6.47. The van der Waals surface area contributed by atoms with Gasteiger partial charge >= 0.3 is 5.97 Å². The second-order valence-electron chi connectivity index (χ2n) is 8.13. The highest BCUT2D eigenvalue weighted by atomic mass is 19.1. The Morgan fingerprint density at radius 2 is 1.58 bits per heavy atom. The molecule has 2 saturated carbocycles. The first-order chi connectivity index (χ1) is 12.7. The fourth-order valence-electron chi connectivity index (χ4n) is 4.83. The molecule has 0 unspecified atom stereocenters. The van der Waals surface area contributed by atoms with Gasteiger partial charge in [-0.05, 0) is 93.4 Å². The van der Waals surface area contributed by atoms with Crippen molar-refractivity contribution in [3.63, 3.8) is 0 Å². The number of benzene rings is 1. The molecule has 1 aromatic rings. The molecule has 0 heterocycles. The summed E-state index contributed by atoms with van der Waals surface area (Å²) in [6, 6.07) is 5.68. The van der Waals surface area contributed by atoms with Gasteiger partial charge in [-0.15, -0.1) is 6.58 Å². The van der Waals surface area contributed by atoms with Crippen molar-refractivity contribution in [3.05, 3.63) is 42.7 Å². The molecule has 0 aromatic heterocycles. The molecular weight excluding hydrogens is 327 g/mol. The van der Waals surface area contributed by atoms with E-state index in [1.54, 1.807) is 0 Å². The highest BCUT2D eigenvalue weighted by Crippen LogP contribution is 2.42. The number of halogens is 1. The average molecular weight is 358 g/mol. The predicted molar refractivity (Wildman–Crippen MR) is 102 cm³/mol. The zero-order valence-corrected chi connectivity index (χ0v) is 15.7. The molecule has 1 aromatic carbocycles. The molecule has 142 valence electrons. The Morgan fingerprint density at radius 1 is 1.00 bits per heavy atom. The van der Waals surface area contributed by atoms with Crippen LogP contribution in [-0.4, -0.2) is 5.97 Å². The molecule has 3 heteroatoms. The SMILES string of the molecule is C=CCCC1CCC([C@H]2CC[C@H](C(=O)Oc3ccc(F)cc3)CC2)CC1. The van der Waals surface area contributed by atoms with Gasteiger partial charge in [0.1, 0.15) is 11.6 Å². The zero-order chi connectivity index (χ0) is 18.4. The fourth-order valence-corrected chi connectivity index (χ4v) is 4.83. The van der Waals surface area contributed by atoms with Crippen LogP contribution in [0.15, 0.2) is 36.9 Å². The number of ether oxygens (including phenoxy) is 1. The molecule has 0 aliphatic heterocycles. The Morgan fingerprint density at radius 3 is 2.15 bits per heavy atom. The van der Waals surface area contributed by atoms with E-state index in [0.29, 0.717) is 5.75 Å². The van der Waals surface area contributed by atoms with Gasteiger partial charge in [0.25, 0.3) is 0 Å². The first-order valence-corrected chi connectivity index (χ1v) is 10.2. The number of rotatable bonds is 6. The molecule has 3 rings (SSSR count). The maximum Gasteiger partial charge on any atom is 0.314 e. The summed E-state index contributed by atoms with van der Waals surface area (Å²) in [5, 5.41) is 0. The van der Waals surface area contributed by atoms with Crippen LogP contribution in [0, 0.1) is 29.5 Å². The van der Waals surface area contributed by atoms with E-state index in [4.69, 9.17) is 4.74 Å². The number of carbonyl (C=O) groups is 1. The Hall–Kier alpha value is -1.64. The summed E-state index contributed by atoms with van der Waals surface area (Å²) in [6.07, 6.45) is 14.1. The number of allylic oxidation sites excluding steroid dienone is 1. The quantitative estimate of drug-likeness (QED) is 0.338. The van der Waals surface area contributed by atoms with Gasteiger partial charge in [-0.25, -0.2) is 4.39 Å². The van der Waals surface area contributed by atoms with E-state index in [-0.39, 0.29) is 17.7 Å². The molecule has 0 atom stereocenters. The molecule has 26 heavy (non-hydrogen) atoms. The van der Waals surface area contributed by atoms with Crippen molar-refractivity contribution in [2.24, 2.45) is 23.7 Å². The second kappa shape index (κ2) is 9.34. The standard InChI is InChI=1S/C23H31FO2/c1-2-3-4-17-5-7-18(8-6-17)19-9-11-20(12-10-19)23(25)26-22-15-13-21(24)14-16-22/h2,13-20H,1,3-12H2/t17?,18?,19-,20-. The summed E-state index contributed by atoms with van der Waals surface area (Å²) in [6.45, 7) is 3.83. The minimum absolute atomic E-state index is 0.000216. The van der Waals surface area contributed by atoms with Crippen molar-refractivity contribution in [2.45, 2.75) is 64.2 Å². The minimum atomic E-state index is -0.315. The van der Waals surface area contributed by atoms with E-state index in [9.17, 15) is 9.18 Å². The van der Waals surface area contributed by atoms with Crippen LogP contribution in [0.25, 0.3) is 0 Å². The van der Waals surface area contributed by atoms with Gasteiger partial charge in [0.15, 0.2) is 0 Å². The lowest BCUT2D eigenvalue weighted by Gasteiger charge is -2.37. The van der Waals surface area contributed by atoms with Crippen LogP contribution >= 0.6 is 0 Å². The molecule has 0 spiro atoms. The normalized spacial score (nSPS) is 29.1. The largest absolute Gasteiger partial charge is 0.426 e. The minimum Gasteiger partial charge on any atom is -0.426 e. The average Bonchev–Trinajstić information content (AvgIpc) is 2.68. The van der Waals surface area contributed by atoms with Gasteiger partial charge in [0.05, 0.1) is 5.92 Å². The van der Waals surface area contributed by atoms with E-state index in [2.05, 4.69) is 6.58 Å². The van der Waals surface area contributed by atoms with E-state index in [0.717, 1.165) is 49.9 Å². The van der Waals surface area contributed by atoms with Crippen LogP contribution in [0.2, 0.25) is 0 Å². The van der Waals surface area contributed by atoms with Crippen molar-refractivity contribution in [1.29, 1.82) is 0 Å². The van der Waals surface area contributed by atoms with Crippen LogP contribution in [0.4, 0.5) is 4.39 Å². The summed E-state index contributed by atoms with van der Waals surface area (Å²) in [5.41, 5.74) is 0. The van der Waals surface area contributed by atoms with Gasteiger partial charge in [0, 0.05) is 0 Å². The Kier molecular flexibility index (Phi) is 6.87. The molecule has 0 radical (unpaired) electrons. The molecule has 2 fully saturated rings. The number of esters is 1. The zero-order valence-electron chi connectivity index (χ0n) is 15.7. The highest BCUT2D eigenvalue weighted by molar-refractivity contribution is 5.75. The molecule has 0 bridgehead atoms. The van der Waals surface area contributed by atoms with Gasteiger partial charge in [0.2, 0.25) is 0 Å². The van der Waals surface area contributed by atoms with Crippen LogP contribution in [-0.2, 0) is 4.79 Å². The molecule has 0 saturated heterocycles. The summed E-state index contributed by atoms with van der Waals surface area (Å²) < 4.78 is 18.4. The highest BCUT2D eigenvalue weighted by Gasteiger charge is 2.33. The van der Waals surface area contributed by atoms with Gasteiger partial charge in [-0.2, -0.15) is 0 Å². The Labute approximate surface area is 156 Å². The first kappa shape index (κ1) is 19.1. The topological polar surface area (TPSA) is 26.3 Å². The Balaban J connectivity index is 1.40. The molecule has 2 aliphatic rings. The lowest BCUT2D eigenvalue weighted by molar-refractivity contribution is -0.140. The summed E-state index contributed by atoms with van der Waals surface area (Å²) in [5.74, 6) is 2.50. The number of hydrogen-bond acceptors (Lipinski definition) is 2. The van der Waals surface area contributed by atoms with E-state index in [1.807, 2.05) is 6.08 Å². The van der Waals surface area contributed by atoms with Gasteiger partial charge in [-0.3, -0.25) is 4.79 Å². The second-order valence-corrected chi connectivity index (χ2v) is 8.13. The van der Waals surface area contributed by atoms with Crippen LogP contribution in [0.3, 0.4) is 0 Å². The molecular formula is C23H31FO2. The van der Waals surface area contributed by atoms with Crippen molar-refractivity contribution in [2.75, 3.05) is 0 Å². The van der Waals surface area contributed by atoms with Crippen molar-refractivity contribution in [3.8, 4) is 5.75 Å². The van der Waals surface area contributed by atoms with E-state index >= 15 is 0 Å². The predicted octanol–water partition coefficient (Wildman–Crippen LogP) is 6.31. The third-order valence-electron chi connectivity index (χ3n) is 6.47. The van der Waals surface area contributed by atoms with Crippen molar-refractivity contribution < 1.29 is 13.9 Å². The molecule has 0 amide bonds. The van der Waals surface area contributed by atoms with Gasteiger partial charge in [-0.1, -0.05) is 18.9 Å². The smallest absolute Gasteiger partial charge is 0.314 e. The van der Waals surface area contributed by atoms with Gasteiger partial charge < -0.3 is 4.74 Å². The maximum absolute atomic E-state index is 12.9. The van der Waals surface area contributed by atoms with Crippen molar-refractivity contribution in [1.82, 2.24) is 0 Å². The first-order valence-electron chi connectivity index (χ1n) is 10.2. The summed E-state index contributed by atoms with van der Waals surface area (Å²) in [4.78, 5) is 12.4. The number of carbonyl (C=O) groups excluding carboxylic acids is 1. The van der Waals surface area contributed by atoms with Crippen LogP contribution in [0.1, 0.15) is 64.2 Å². The van der Waals surface area contributed by atoms with Crippen LogP contribution in [0.5, 0.6) is 5.75 Å². The lowest BCUT2D eigenvalue weighted by atomic mass is 9.69. The molecule has 0 N–H and O–H groups in total. The third kappa shape index (κ3) is 5.18. The van der Waals surface area contributed by atoms with E-state index in [1.165, 1.54) is 56.4 Å².